The Bertz CT molecular complexity index is 195. The lowest BCUT2D eigenvalue weighted by Crippen LogP contribution is -2.30. The summed E-state index contributed by atoms with van der Waals surface area (Å²) in [5.74, 6) is 0.642. The number of nitriles is 1. The molecule has 1 rings (SSSR count). The Hall–Kier alpha value is -0.550. The maximum atomic E-state index is 9.01. The molecule has 0 spiro atoms. The maximum Gasteiger partial charge on any atom is 0.154 e. The van der Waals surface area contributed by atoms with Gasteiger partial charge in [0.25, 0.3) is 0 Å². The van der Waals surface area contributed by atoms with Gasteiger partial charge in [-0.05, 0) is 39.0 Å². The summed E-state index contributed by atoms with van der Waals surface area (Å²) in [6.07, 6.45) is 3.10. The van der Waals surface area contributed by atoms with Crippen molar-refractivity contribution >= 4 is 0 Å². The van der Waals surface area contributed by atoms with Crippen LogP contribution < -0.4 is 0 Å². The Morgan fingerprint density at radius 3 is 2.58 bits per heavy atom. The van der Waals surface area contributed by atoms with E-state index in [9.17, 15) is 0 Å². The van der Waals surface area contributed by atoms with Gasteiger partial charge in [-0.25, -0.2) is 0 Å². The first-order valence-corrected chi connectivity index (χ1v) is 4.67. The molecule has 0 aromatic rings. The summed E-state index contributed by atoms with van der Waals surface area (Å²) in [7, 11) is 0. The number of hydrogen-bond donors (Lipinski definition) is 0. The second-order valence-corrected chi connectivity index (χ2v) is 4.12. The fraction of sp³-hybridized carbons (Fsp3) is 0.900. The Morgan fingerprint density at radius 2 is 2.25 bits per heavy atom. The molecule has 0 N–H and O–H groups in total. The van der Waals surface area contributed by atoms with E-state index in [0.29, 0.717) is 5.92 Å². The Kier molecular flexibility index (Phi) is 2.74. The molecule has 2 atom stereocenters. The van der Waals surface area contributed by atoms with E-state index in [-0.39, 0.29) is 6.10 Å². The summed E-state index contributed by atoms with van der Waals surface area (Å²) >= 11 is 0. The summed E-state index contributed by atoms with van der Waals surface area (Å²) in [6, 6.07) is 2.32. The average Bonchev–Trinajstić information content (AvgIpc) is 2.32. The maximum absolute atomic E-state index is 9.01. The molecule has 0 aromatic carbocycles. The normalized spacial score (nSPS) is 35.4. The lowest BCUT2D eigenvalue weighted by Gasteiger charge is -2.24. The standard InChI is InChI=1S/C10H17NO/c1-8(2)12-10(7-11)5-4-9(3)6-10/h8-9H,4-6H2,1-3H3. The largest absolute Gasteiger partial charge is 0.357 e. The van der Waals surface area contributed by atoms with Crippen molar-refractivity contribution in [3.05, 3.63) is 0 Å². The van der Waals surface area contributed by atoms with Gasteiger partial charge in [0.15, 0.2) is 5.60 Å². The van der Waals surface area contributed by atoms with Crippen LogP contribution in [0.5, 0.6) is 0 Å². The second kappa shape index (κ2) is 3.45. The summed E-state index contributed by atoms with van der Waals surface area (Å²) in [5.41, 5.74) is -0.465. The van der Waals surface area contributed by atoms with Crippen LogP contribution in [0.25, 0.3) is 0 Å². The van der Waals surface area contributed by atoms with Crippen LogP contribution in [0.4, 0.5) is 0 Å². The van der Waals surface area contributed by atoms with Gasteiger partial charge in [-0.1, -0.05) is 6.92 Å². The van der Waals surface area contributed by atoms with Gasteiger partial charge in [0.2, 0.25) is 0 Å². The monoisotopic (exact) mass is 167 g/mol. The van der Waals surface area contributed by atoms with E-state index >= 15 is 0 Å². The van der Waals surface area contributed by atoms with Gasteiger partial charge in [-0.2, -0.15) is 5.26 Å². The van der Waals surface area contributed by atoms with E-state index in [1.54, 1.807) is 0 Å². The molecule has 2 nitrogen and oxygen atoms in total. The van der Waals surface area contributed by atoms with Crippen LogP contribution in [0.3, 0.4) is 0 Å². The predicted octanol–water partition coefficient (Wildman–Crippen LogP) is 2.49. The molecule has 2 unspecified atom stereocenters. The Labute approximate surface area is 74.5 Å². The number of hydrogen-bond acceptors (Lipinski definition) is 2. The van der Waals surface area contributed by atoms with Crippen molar-refractivity contribution in [2.75, 3.05) is 0 Å². The highest BCUT2D eigenvalue weighted by atomic mass is 16.5. The molecule has 0 aliphatic heterocycles. The zero-order valence-corrected chi connectivity index (χ0v) is 8.13. The van der Waals surface area contributed by atoms with Gasteiger partial charge in [0, 0.05) is 0 Å². The third-order valence-corrected chi connectivity index (χ3v) is 2.38. The minimum absolute atomic E-state index is 0.162. The van der Waals surface area contributed by atoms with Crippen LogP contribution in [0.1, 0.15) is 40.0 Å². The Morgan fingerprint density at radius 1 is 1.58 bits per heavy atom. The molecule has 0 radical (unpaired) electrons. The highest BCUT2D eigenvalue weighted by molar-refractivity contribution is 5.06. The molecule has 68 valence electrons. The van der Waals surface area contributed by atoms with Crippen LogP contribution in [-0.2, 0) is 4.74 Å². The fourth-order valence-corrected chi connectivity index (χ4v) is 1.93. The molecule has 12 heavy (non-hydrogen) atoms. The first-order chi connectivity index (χ1) is 5.58. The fourth-order valence-electron chi connectivity index (χ4n) is 1.93. The summed E-state index contributed by atoms with van der Waals surface area (Å²) < 4.78 is 5.66. The first kappa shape index (κ1) is 9.54. The third kappa shape index (κ3) is 1.98. The van der Waals surface area contributed by atoms with Gasteiger partial charge >= 0.3 is 0 Å². The molecule has 0 saturated heterocycles. The summed E-state index contributed by atoms with van der Waals surface area (Å²) in [6.45, 7) is 6.16. The molecule has 1 saturated carbocycles. The zero-order valence-electron chi connectivity index (χ0n) is 8.13. The van der Waals surface area contributed by atoms with E-state index < -0.39 is 5.60 Å². The highest BCUT2D eigenvalue weighted by Gasteiger charge is 2.39. The molecule has 1 aliphatic rings. The van der Waals surface area contributed by atoms with Crippen molar-refractivity contribution in [1.82, 2.24) is 0 Å². The predicted molar refractivity (Wildman–Crippen MR) is 47.6 cm³/mol. The van der Waals surface area contributed by atoms with E-state index in [0.717, 1.165) is 19.3 Å². The SMILES string of the molecule is CC1CCC(C#N)(OC(C)C)C1. The number of ether oxygens (including phenoxy) is 1. The van der Waals surface area contributed by atoms with Crippen molar-refractivity contribution in [1.29, 1.82) is 5.26 Å². The smallest absolute Gasteiger partial charge is 0.154 e. The van der Waals surface area contributed by atoms with Gasteiger partial charge < -0.3 is 4.74 Å². The molecule has 0 heterocycles. The topological polar surface area (TPSA) is 33.0 Å². The molecular weight excluding hydrogens is 150 g/mol. The zero-order chi connectivity index (χ0) is 9.19. The molecule has 1 fully saturated rings. The lowest BCUT2D eigenvalue weighted by atomic mass is 10.0. The molecule has 0 amide bonds. The van der Waals surface area contributed by atoms with Gasteiger partial charge in [-0.3, -0.25) is 0 Å². The molecular formula is C10H17NO. The van der Waals surface area contributed by atoms with Crippen molar-refractivity contribution in [2.45, 2.75) is 51.7 Å². The summed E-state index contributed by atoms with van der Waals surface area (Å²) in [5, 5.41) is 9.01. The van der Waals surface area contributed by atoms with E-state index in [1.807, 2.05) is 13.8 Å². The number of nitrogens with zero attached hydrogens (tertiary/aromatic N) is 1. The number of rotatable bonds is 2. The Balaban J connectivity index is 2.60. The van der Waals surface area contributed by atoms with E-state index in [1.165, 1.54) is 0 Å². The van der Waals surface area contributed by atoms with Gasteiger partial charge in [0.1, 0.15) is 0 Å². The van der Waals surface area contributed by atoms with Crippen LogP contribution in [0.15, 0.2) is 0 Å². The van der Waals surface area contributed by atoms with Crippen molar-refractivity contribution < 1.29 is 4.74 Å². The average molecular weight is 167 g/mol. The lowest BCUT2D eigenvalue weighted by molar-refractivity contribution is -0.0390. The quantitative estimate of drug-likeness (QED) is 0.633. The van der Waals surface area contributed by atoms with Crippen molar-refractivity contribution in [3.63, 3.8) is 0 Å². The van der Waals surface area contributed by atoms with Gasteiger partial charge in [0.05, 0.1) is 12.2 Å². The minimum atomic E-state index is -0.465. The second-order valence-electron chi connectivity index (χ2n) is 4.12. The van der Waals surface area contributed by atoms with Gasteiger partial charge in [-0.15, -0.1) is 0 Å². The first-order valence-electron chi connectivity index (χ1n) is 4.67. The molecule has 2 heteroatoms. The van der Waals surface area contributed by atoms with Crippen molar-refractivity contribution in [2.24, 2.45) is 5.92 Å². The van der Waals surface area contributed by atoms with Crippen LogP contribution >= 0.6 is 0 Å². The molecule has 0 bridgehead atoms. The van der Waals surface area contributed by atoms with Crippen LogP contribution in [0, 0.1) is 17.2 Å². The summed E-state index contributed by atoms with van der Waals surface area (Å²) in [4.78, 5) is 0. The van der Waals surface area contributed by atoms with Crippen LogP contribution in [0.2, 0.25) is 0 Å². The molecule has 0 aromatic heterocycles. The molecule has 1 aliphatic carbocycles. The van der Waals surface area contributed by atoms with Crippen LogP contribution in [-0.4, -0.2) is 11.7 Å². The highest BCUT2D eigenvalue weighted by Crippen LogP contribution is 2.37. The third-order valence-electron chi connectivity index (χ3n) is 2.38. The van der Waals surface area contributed by atoms with E-state index in [2.05, 4.69) is 13.0 Å². The van der Waals surface area contributed by atoms with E-state index in [4.69, 9.17) is 10.00 Å². The minimum Gasteiger partial charge on any atom is -0.357 e. The van der Waals surface area contributed by atoms with Crippen molar-refractivity contribution in [3.8, 4) is 6.07 Å².